The lowest BCUT2D eigenvalue weighted by atomic mass is 10.2. The SMILES string of the molecule is CNc1nc2sc(NC(=O)c3cnc(Cl)nc3C(F)(F)F)nc2c2c1ncn2C. The van der Waals surface area contributed by atoms with Crippen LogP contribution >= 0.6 is 22.9 Å². The number of pyridine rings is 1. The van der Waals surface area contributed by atoms with Crippen molar-refractivity contribution in [3.05, 3.63) is 29.1 Å². The Morgan fingerprint density at radius 3 is 2.66 bits per heavy atom. The number of halogens is 4. The number of rotatable bonds is 3. The van der Waals surface area contributed by atoms with Gasteiger partial charge in [0.2, 0.25) is 5.28 Å². The zero-order valence-corrected chi connectivity index (χ0v) is 16.2. The first-order valence-electron chi connectivity index (χ1n) is 7.89. The molecule has 4 rings (SSSR count). The van der Waals surface area contributed by atoms with Crippen LogP contribution in [0.2, 0.25) is 5.28 Å². The predicted octanol–water partition coefficient (Wildman–Crippen LogP) is 3.33. The minimum absolute atomic E-state index is 0.0660. The highest BCUT2D eigenvalue weighted by atomic mass is 35.5. The third-order valence-electron chi connectivity index (χ3n) is 3.94. The predicted molar refractivity (Wildman–Crippen MR) is 101 cm³/mol. The van der Waals surface area contributed by atoms with Gasteiger partial charge in [0.15, 0.2) is 16.6 Å². The van der Waals surface area contributed by atoms with E-state index in [0.717, 1.165) is 17.5 Å². The molecule has 0 aromatic carbocycles. The molecule has 150 valence electrons. The Bertz CT molecular complexity index is 1270. The molecule has 14 heteroatoms. The minimum atomic E-state index is -4.88. The van der Waals surface area contributed by atoms with Gasteiger partial charge >= 0.3 is 6.18 Å². The van der Waals surface area contributed by atoms with E-state index in [-0.39, 0.29) is 5.13 Å². The first-order valence-corrected chi connectivity index (χ1v) is 9.09. The number of amides is 1. The minimum Gasteiger partial charge on any atom is -0.371 e. The molecule has 4 heterocycles. The Morgan fingerprint density at radius 1 is 1.21 bits per heavy atom. The number of carbonyl (C=O) groups is 1. The zero-order valence-electron chi connectivity index (χ0n) is 14.7. The Balaban J connectivity index is 1.77. The van der Waals surface area contributed by atoms with Crippen LogP contribution < -0.4 is 10.6 Å². The maximum absolute atomic E-state index is 13.2. The molecule has 0 unspecified atom stereocenters. The molecule has 0 aliphatic rings. The summed E-state index contributed by atoms with van der Waals surface area (Å²) in [5, 5.41) is 4.73. The summed E-state index contributed by atoms with van der Waals surface area (Å²) >= 11 is 6.45. The molecule has 0 saturated heterocycles. The van der Waals surface area contributed by atoms with E-state index in [4.69, 9.17) is 11.6 Å². The Morgan fingerprint density at radius 2 is 1.97 bits per heavy atom. The van der Waals surface area contributed by atoms with E-state index >= 15 is 0 Å². The van der Waals surface area contributed by atoms with E-state index in [1.54, 1.807) is 25.0 Å². The van der Waals surface area contributed by atoms with E-state index in [2.05, 4.69) is 35.6 Å². The third kappa shape index (κ3) is 3.31. The largest absolute Gasteiger partial charge is 0.434 e. The molecule has 0 fully saturated rings. The fourth-order valence-electron chi connectivity index (χ4n) is 2.71. The number of hydrogen-bond acceptors (Lipinski definition) is 8. The second-order valence-corrected chi connectivity index (χ2v) is 7.10. The van der Waals surface area contributed by atoms with Crippen molar-refractivity contribution in [2.75, 3.05) is 17.7 Å². The first-order chi connectivity index (χ1) is 13.7. The van der Waals surface area contributed by atoms with Crippen LogP contribution in [-0.2, 0) is 13.2 Å². The maximum Gasteiger partial charge on any atom is 0.434 e. The number of fused-ring (bicyclic) bond motifs is 3. The number of thiazole rings is 1. The van der Waals surface area contributed by atoms with Crippen LogP contribution in [0.4, 0.5) is 24.1 Å². The number of alkyl halides is 3. The highest BCUT2D eigenvalue weighted by molar-refractivity contribution is 7.22. The van der Waals surface area contributed by atoms with Crippen LogP contribution in [0.15, 0.2) is 12.5 Å². The van der Waals surface area contributed by atoms with Crippen LogP contribution in [0.25, 0.3) is 21.4 Å². The topological polar surface area (TPSA) is 111 Å². The quantitative estimate of drug-likeness (QED) is 0.468. The van der Waals surface area contributed by atoms with Crippen molar-refractivity contribution in [2.45, 2.75) is 6.18 Å². The van der Waals surface area contributed by atoms with Gasteiger partial charge in [0.05, 0.1) is 11.9 Å². The number of imidazole rings is 1. The van der Waals surface area contributed by atoms with Gasteiger partial charge in [0, 0.05) is 20.3 Å². The summed E-state index contributed by atoms with van der Waals surface area (Å²) in [6.07, 6.45) is -2.57. The number of hydrogen-bond donors (Lipinski definition) is 2. The molecule has 0 aliphatic carbocycles. The molecule has 4 aromatic heterocycles. The molecule has 0 spiro atoms. The van der Waals surface area contributed by atoms with Gasteiger partial charge in [-0.05, 0) is 11.6 Å². The van der Waals surface area contributed by atoms with Crippen molar-refractivity contribution in [1.29, 1.82) is 0 Å². The maximum atomic E-state index is 13.2. The fraction of sp³-hybridized carbons (Fsp3) is 0.200. The molecule has 2 N–H and O–H groups in total. The Hall–Kier alpha value is -3.06. The summed E-state index contributed by atoms with van der Waals surface area (Å²) in [5.74, 6) is -0.553. The van der Waals surface area contributed by atoms with Gasteiger partial charge in [-0.15, -0.1) is 0 Å². The lowest BCUT2D eigenvalue weighted by Crippen LogP contribution is -2.21. The molecule has 0 aliphatic heterocycles. The van der Waals surface area contributed by atoms with Crippen LogP contribution in [0.1, 0.15) is 16.1 Å². The molecule has 0 atom stereocenters. The summed E-state index contributed by atoms with van der Waals surface area (Å²) in [4.78, 5) is 32.5. The Labute approximate surface area is 169 Å². The van der Waals surface area contributed by atoms with Gasteiger partial charge in [-0.3, -0.25) is 10.1 Å². The number of carbonyl (C=O) groups excluding carboxylic acids is 1. The van der Waals surface area contributed by atoms with E-state index in [1.165, 1.54) is 0 Å². The number of aryl methyl sites for hydroxylation is 1. The molecule has 0 radical (unpaired) electrons. The molecule has 29 heavy (non-hydrogen) atoms. The molecular formula is C15H10ClF3N8OS. The molecule has 0 bridgehead atoms. The summed E-state index contributed by atoms with van der Waals surface area (Å²) < 4.78 is 41.3. The van der Waals surface area contributed by atoms with Crippen molar-refractivity contribution >= 4 is 61.2 Å². The molecule has 0 saturated carbocycles. The van der Waals surface area contributed by atoms with Crippen molar-refractivity contribution in [2.24, 2.45) is 7.05 Å². The summed E-state index contributed by atoms with van der Waals surface area (Å²) in [6.45, 7) is 0. The van der Waals surface area contributed by atoms with E-state index in [0.29, 0.717) is 27.2 Å². The monoisotopic (exact) mass is 442 g/mol. The lowest BCUT2D eigenvalue weighted by Gasteiger charge is -2.10. The normalized spacial score (nSPS) is 11.9. The first kappa shape index (κ1) is 19.3. The Kier molecular flexibility index (Phi) is 4.50. The highest BCUT2D eigenvalue weighted by Gasteiger charge is 2.38. The second kappa shape index (κ2) is 6.77. The van der Waals surface area contributed by atoms with Crippen molar-refractivity contribution in [3.63, 3.8) is 0 Å². The van der Waals surface area contributed by atoms with Crippen LogP contribution in [-0.4, -0.2) is 42.4 Å². The van der Waals surface area contributed by atoms with E-state index in [1.807, 2.05) is 0 Å². The summed E-state index contributed by atoms with van der Waals surface area (Å²) in [6, 6.07) is 0. The smallest absolute Gasteiger partial charge is 0.371 e. The van der Waals surface area contributed by atoms with Gasteiger partial charge in [0.1, 0.15) is 21.4 Å². The van der Waals surface area contributed by atoms with Crippen LogP contribution in [0.3, 0.4) is 0 Å². The van der Waals surface area contributed by atoms with Crippen LogP contribution in [0, 0.1) is 0 Å². The second-order valence-electron chi connectivity index (χ2n) is 5.79. The van der Waals surface area contributed by atoms with Gasteiger partial charge in [-0.1, -0.05) is 11.3 Å². The molecule has 1 amide bonds. The number of nitrogens with one attached hydrogen (secondary N) is 2. The zero-order chi connectivity index (χ0) is 20.9. The van der Waals surface area contributed by atoms with Crippen molar-refractivity contribution < 1.29 is 18.0 Å². The molecule has 4 aromatic rings. The molecular weight excluding hydrogens is 433 g/mol. The number of anilines is 2. The molecule has 9 nitrogen and oxygen atoms in total. The third-order valence-corrected chi connectivity index (χ3v) is 4.98. The highest BCUT2D eigenvalue weighted by Crippen LogP contribution is 2.34. The summed E-state index contributed by atoms with van der Waals surface area (Å²) in [5.41, 5.74) is -0.489. The number of nitrogens with zero attached hydrogens (tertiary/aromatic N) is 6. The van der Waals surface area contributed by atoms with E-state index < -0.39 is 28.6 Å². The fourth-order valence-corrected chi connectivity index (χ4v) is 3.69. The average Bonchev–Trinajstić information content (AvgIpc) is 3.23. The summed E-state index contributed by atoms with van der Waals surface area (Å²) in [7, 11) is 3.46. The van der Waals surface area contributed by atoms with E-state index in [9.17, 15) is 18.0 Å². The van der Waals surface area contributed by atoms with Crippen molar-refractivity contribution in [1.82, 2.24) is 29.5 Å². The van der Waals surface area contributed by atoms with Gasteiger partial charge < -0.3 is 9.88 Å². The van der Waals surface area contributed by atoms with Gasteiger partial charge in [-0.2, -0.15) is 13.2 Å². The standard InChI is InChI=1S/C15H10ClF3N8OS/c1-20-10-6-8(27(2)4-22-6)7-12(25-10)29-14(23-7)26-11(28)5-3-21-13(16)24-9(5)15(17,18)19/h3-4H,1-2H3,(H,20,25)(H,23,26,28). The van der Waals surface area contributed by atoms with Gasteiger partial charge in [0.25, 0.3) is 5.91 Å². The van der Waals surface area contributed by atoms with Crippen LogP contribution in [0.5, 0.6) is 0 Å². The van der Waals surface area contributed by atoms with Gasteiger partial charge in [-0.25, -0.2) is 24.9 Å². The number of aromatic nitrogens is 6. The lowest BCUT2D eigenvalue weighted by molar-refractivity contribution is -0.141. The van der Waals surface area contributed by atoms with Crippen molar-refractivity contribution in [3.8, 4) is 0 Å². The average molecular weight is 443 g/mol.